The highest BCUT2D eigenvalue weighted by atomic mass is 19.4. The van der Waals surface area contributed by atoms with Gasteiger partial charge in [-0.1, -0.05) is 24.3 Å². The van der Waals surface area contributed by atoms with Gasteiger partial charge in [-0.25, -0.2) is 0 Å². The van der Waals surface area contributed by atoms with Gasteiger partial charge in [0.1, 0.15) is 0 Å². The Morgan fingerprint density at radius 2 is 1.87 bits per heavy atom. The Labute approximate surface area is 177 Å². The number of likely N-dealkylation sites (N-methyl/N-ethyl adjacent to an activating group) is 1. The van der Waals surface area contributed by atoms with Gasteiger partial charge in [0.2, 0.25) is 0 Å². The minimum atomic E-state index is -4.63. The summed E-state index contributed by atoms with van der Waals surface area (Å²) in [5, 5.41) is 9.71. The minimum absolute atomic E-state index is 0.320. The van der Waals surface area contributed by atoms with Gasteiger partial charge >= 0.3 is 6.18 Å². The number of rotatable bonds is 8. The van der Waals surface area contributed by atoms with Crippen LogP contribution in [0.5, 0.6) is 0 Å². The van der Waals surface area contributed by atoms with E-state index in [1.54, 1.807) is 25.4 Å². The Bertz CT molecular complexity index is 1070. The third kappa shape index (κ3) is 5.12. The van der Waals surface area contributed by atoms with Crippen LogP contribution in [0, 0.1) is 0 Å². The van der Waals surface area contributed by atoms with Crippen LogP contribution in [0.4, 0.5) is 24.5 Å². The van der Waals surface area contributed by atoms with E-state index in [1.807, 2.05) is 13.1 Å². The number of fused-ring (bicyclic) bond motifs is 1. The van der Waals surface area contributed by atoms with E-state index in [0.29, 0.717) is 24.4 Å². The Hall–Kier alpha value is -3.17. The largest absolute Gasteiger partial charge is 0.417 e. The number of anilines is 2. The maximum Gasteiger partial charge on any atom is 0.417 e. The highest BCUT2D eigenvalue weighted by Crippen LogP contribution is 2.34. The average Bonchev–Trinajstić information content (AvgIpc) is 2.75. The monoisotopic (exact) mass is 432 g/mol. The van der Waals surface area contributed by atoms with Crippen LogP contribution in [-0.2, 0) is 17.5 Å². The number of hydrogen-bond donors (Lipinski definition) is 3. The number of amides is 1. The summed E-state index contributed by atoms with van der Waals surface area (Å²) in [5.74, 6) is -0.854. The molecule has 0 atom stereocenters. The first-order valence-corrected chi connectivity index (χ1v) is 9.62. The van der Waals surface area contributed by atoms with E-state index in [2.05, 4.69) is 20.9 Å². The standard InChI is InChI=1S/C22H23F3N4O2/c1-26-10-11-27-19-14(13-31-2)12-28-20-16(19)7-5-9-18(20)29-21(30)15-6-3-4-8-17(15)22(23,24)25/h3-9,12,26H,10-11,13H2,1-2H3,(H,27,28)(H,29,30). The van der Waals surface area contributed by atoms with Crippen molar-refractivity contribution >= 4 is 28.2 Å². The van der Waals surface area contributed by atoms with Gasteiger partial charge in [-0.15, -0.1) is 0 Å². The number of aromatic nitrogens is 1. The van der Waals surface area contributed by atoms with Crippen LogP contribution in [0.15, 0.2) is 48.7 Å². The third-order valence-electron chi connectivity index (χ3n) is 4.68. The van der Waals surface area contributed by atoms with Crippen molar-refractivity contribution in [3.05, 3.63) is 65.4 Å². The van der Waals surface area contributed by atoms with Crippen molar-refractivity contribution in [1.82, 2.24) is 10.3 Å². The average molecular weight is 432 g/mol. The summed E-state index contributed by atoms with van der Waals surface area (Å²) in [7, 11) is 3.42. The van der Waals surface area contributed by atoms with Gasteiger partial charge in [0.15, 0.2) is 0 Å². The molecule has 3 N–H and O–H groups in total. The minimum Gasteiger partial charge on any atom is -0.383 e. The van der Waals surface area contributed by atoms with Crippen molar-refractivity contribution < 1.29 is 22.7 Å². The lowest BCUT2D eigenvalue weighted by atomic mass is 10.1. The SMILES string of the molecule is CNCCNc1c(COC)cnc2c(NC(=O)c3ccccc3C(F)(F)F)cccc12. The van der Waals surface area contributed by atoms with Crippen molar-refractivity contribution in [2.45, 2.75) is 12.8 Å². The molecule has 0 saturated heterocycles. The van der Waals surface area contributed by atoms with Gasteiger partial charge in [0.25, 0.3) is 5.91 Å². The highest BCUT2D eigenvalue weighted by molar-refractivity contribution is 6.10. The summed E-state index contributed by atoms with van der Waals surface area (Å²) < 4.78 is 45.2. The quantitative estimate of drug-likeness (QED) is 0.463. The molecule has 0 spiro atoms. The fourth-order valence-electron chi connectivity index (χ4n) is 3.27. The summed E-state index contributed by atoms with van der Waals surface area (Å²) >= 11 is 0. The van der Waals surface area contributed by atoms with Crippen molar-refractivity contribution in [2.24, 2.45) is 0 Å². The van der Waals surface area contributed by atoms with Gasteiger partial charge in [0, 0.05) is 37.3 Å². The topological polar surface area (TPSA) is 75.3 Å². The molecule has 0 saturated carbocycles. The number of ether oxygens (including phenoxy) is 1. The maximum atomic E-state index is 13.3. The number of hydrogen-bond acceptors (Lipinski definition) is 5. The fraction of sp³-hybridized carbons (Fsp3) is 0.273. The van der Waals surface area contributed by atoms with Gasteiger partial charge in [0.05, 0.1) is 34.6 Å². The normalized spacial score (nSPS) is 11.5. The molecule has 0 unspecified atom stereocenters. The van der Waals surface area contributed by atoms with E-state index in [0.717, 1.165) is 35.3 Å². The first-order chi connectivity index (χ1) is 14.9. The van der Waals surface area contributed by atoms with Crippen LogP contribution in [0.3, 0.4) is 0 Å². The molecule has 3 aromatic rings. The molecule has 0 fully saturated rings. The number of benzene rings is 2. The number of halogens is 3. The molecule has 164 valence electrons. The second-order valence-electron chi connectivity index (χ2n) is 6.82. The number of nitrogens with zero attached hydrogens (tertiary/aromatic N) is 1. The molecule has 0 aliphatic rings. The summed E-state index contributed by atoms with van der Waals surface area (Å²) in [5.41, 5.74) is 0.978. The summed E-state index contributed by atoms with van der Waals surface area (Å²) in [4.78, 5) is 17.1. The molecule has 0 aliphatic carbocycles. The van der Waals surface area contributed by atoms with Gasteiger partial charge in [-0.3, -0.25) is 9.78 Å². The van der Waals surface area contributed by atoms with Crippen molar-refractivity contribution in [3.63, 3.8) is 0 Å². The van der Waals surface area contributed by atoms with Crippen LogP contribution in [-0.4, -0.2) is 38.1 Å². The highest BCUT2D eigenvalue weighted by Gasteiger charge is 2.34. The first kappa shape index (κ1) is 22.5. The molecule has 9 heteroatoms. The molecule has 0 radical (unpaired) electrons. The van der Waals surface area contributed by atoms with E-state index >= 15 is 0 Å². The lowest BCUT2D eigenvalue weighted by molar-refractivity contribution is -0.137. The molecule has 6 nitrogen and oxygen atoms in total. The fourth-order valence-corrected chi connectivity index (χ4v) is 3.27. The molecule has 0 bridgehead atoms. The number of para-hydroxylation sites is 1. The van der Waals surface area contributed by atoms with Crippen LogP contribution < -0.4 is 16.0 Å². The van der Waals surface area contributed by atoms with Crippen molar-refractivity contribution in [1.29, 1.82) is 0 Å². The Morgan fingerprint density at radius 1 is 1.10 bits per heavy atom. The molecule has 31 heavy (non-hydrogen) atoms. The van der Waals surface area contributed by atoms with Crippen LogP contribution >= 0.6 is 0 Å². The molecule has 1 aromatic heterocycles. The van der Waals surface area contributed by atoms with Crippen molar-refractivity contribution in [2.75, 3.05) is 37.9 Å². The number of carbonyl (C=O) groups is 1. The zero-order valence-electron chi connectivity index (χ0n) is 17.1. The number of pyridine rings is 1. The zero-order chi connectivity index (χ0) is 22.4. The number of alkyl halides is 3. The second-order valence-corrected chi connectivity index (χ2v) is 6.82. The number of nitrogens with one attached hydrogen (secondary N) is 3. The van der Waals surface area contributed by atoms with Crippen LogP contribution in [0.2, 0.25) is 0 Å². The molecule has 3 rings (SSSR count). The van der Waals surface area contributed by atoms with E-state index in [-0.39, 0.29) is 0 Å². The predicted octanol–water partition coefficient (Wildman–Crippen LogP) is 4.28. The van der Waals surface area contributed by atoms with E-state index in [1.165, 1.54) is 12.1 Å². The second kappa shape index (κ2) is 9.76. The Balaban J connectivity index is 2.00. The molecule has 1 amide bonds. The maximum absolute atomic E-state index is 13.3. The molecule has 0 aliphatic heterocycles. The predicted molar refractivity (Wildman–Crippen MR) is 114 cm³/mol. The van der Waals surface area contributed by atoms with Gasteiger partial charge in [-0.2, -0.15) is 13.2 Å². The van der Waals surface area contributed by atoms with Crippen LogP contribution in [0.25, 0.3) is 10.9 Å². The van der Waals surface area contributed by atoms with Gasteiger partial charge in [-0.05, 0) is 25.2 Å². The van der Waals surface area contributed by atoms with E-state index < -0.39 is 23.2 Å². The molecular formula is C22H23F3N4O2. The summed E-state index contributed by atoms with van der Waals surface area (Å²) in [6.45, 7) is 1.70. The number of methoxy groups -OCH3 is 1. The zero-order valence-corrected chi connectivity index (χ0v) is 17.1. The van der Waals surface area contributed by atoms with Crippen LogP contribution in [0.1, 0.15) is 21.5 Å². The molecular weight excluding hydrogens is 409 g/mol. The van der Waals surface area contributed by atoms with Crippen molar-refractivity contribution in [3.8, 4) is 0 Å². The summed E-state index contributed by atoms with van der Waals surface area (Å²) in [6, 6.07) is 9.84. The smallest absolute Gasteiger partial charge is 0.383 e. The van der Waals surface area contributed by atoms with E-state index in [9.17, 15) is 18.0 Å². The Kier molecular flexibility index (Phi) is 7.09. The summed E-state index contributed by atoms with van der Waals surface area (Å²) in [6.07, 6.45) is -3.00. The molecule has 1 heterocycles. The first-order valence-electron chi connectivity index (χ1n) is 9.62. The van der Waals surface area contributed by atoms with E-state index in [4.69, 9.17) is 4.74 Å². The number of carbonyl (C=O) groups excluding carboxylic acids is 1. The lowest BCUT2D eigenvalue weighted by Crippen LogP contribution is -2.19. The van der Waals surface area contributed by atoms with Gasteiger partial charge < -0.3 is 20.7 Å². The Morgan fingerprint density at radius 3 is 2.58 bits per heavy atom. The lowest BCUT2D eigenvalue weighted by Gasteiger charge is -2.17. The molecule has 2 aromatic carbocycles. The third-order valence-corrected chi connectivity index (χ3v) is 4.68.